The highest BCUT2D eigenvalue weighted by molar-refractivity contribution is 5.83. The Hall–Kier alpha value is -2.63. The molecule has 0 aliphatic rings. The summed E-state index contributed by atoms with van der Waals surface area (Å²) in [6, 6.07) is 8.73. The van der Waals surface area contributed by atoms with Crippen molar-refractivity contribution >= 4 is 22.7 Å². The summed E-state index contributed by atoms with van der Waals surface area (Å²) in [6.45, 7) is 5.36. The van der Waals surface area contributed by atoms with E-state index >= 15 is 0 Å². The average molecular weight is 329 g/mol. The summed E-state index contributed by atoms with van der Waals surface area (Å²) in [7, 11) is 0. The van der Waals surface area contributed by atoms with Crippen LogP contribution in [-0.2, 0) is 16.1 Å². The van der Waals surface area contributed by atoms with Gasteiger partial charge in [0.15, 0.2) is 5.43 Å². The van der Waals surface area contributed by atoms with Crippen LogP contribution < -0.4 is 10.7 Å². The van der Waals surface area contributed by atoms with Gasteiger partial charge >= 0.3 is 0 Å². The quantitative estimate of drug-likeness (QED) is 0.812. The lowest BCUT2D eigenvalue weighted by Gasteiger charge is -2.18. The third-order valence-electron chi connectivity index (χ3n) is 3.95. The first kappa shape index (κ1) is 17.7. The SMILES string of the molecule is CCN(CC)C(=O)CCC(=O)NCc1cc(=O)c2ccccc2[nH]1. The van der Waals surface area contributed by atoms with Crippen molar-refractivity contribution in [3.05, 3.63) is 46.2 Å². The number of nitrogens with zero attached hydrogens (tertiary/aromatic N) is 1. The van der Waals surface area contributed by atoms with Crippen LogP contribution in [0.3, 0.4) is 0 Å². The third kappa shape index (κ3) is 4.44. The van der Waals surface area contributed by atoms with Gasteiger partial charge in [0.2, 0.25) is 11.8 Å². The smallest absolute Gasteiger partial charge is 0.223 e. The Bertz CT molecular complexity index is 778. The molecule has 6 heteroatoms. The van der Waals surface area contributed by atoms with E-state index in [9.17, 15) is 14.4 Å². The Morgan fingerprint density at radius 2 is 1.83 bits per heavy atom. The number of aromatic nitrogens is 1. The van der Waals surface area contributed by atoms with E-state index in [1.165, 1.54) is 6.07 Å². The number of benzene rings is 1. The lowest BCUT2D eigenvalue weighted by Crippen LogP contribution is -2.32. The monoisotopic (exact) mass is 329 g/mol. The molecular formula is C18H23N3O3. The maximum Gasteiger partial charge on any atom is 0.223 e. The van der Waals surface area contributed by atoms with E-state index in [0.29, 0.717) is 24.2 Å². The number of fused-ring (bicyclic) bond motifs is 1. The van der Waals surface area contributed by atoms with Gasteiger partial charge in [-0.1, -0.05) is 12.1 Å². The average Bonchev–Trinajstić information content (AvgIpc) is 2.59. The molecule has 1 aromatic carbocycles. The summed E-state index contributed by atoms with van der Waals surface area (Å²) in [5.74, 6) is -0.223. The molecule has 1 aromatic heterocycles. The second-order valence-corrected chi connectivity index (χ2v) is 5.55. The third-order valence-corrected chi connectivity index (χ3v) is 3.95. The fraction of sp³-hybridized carbons (Fsp3) is 0.389. The van der Waals surface area contributed by atoms with E-state index in [4.69, 9.17) is 0 Å². The number of pyridine rings is 1. The van der Waals surface area contributed by atoms with Gasteiger partial charge in [-0.25, -0.2) is 0 Å². The first-order chi connectivity index (χ1) is 11.5. The summed E-state index contributed by atoms with van der Waals surface area (Å²) in [5, 5.41) is 3.36. The maximum absolute atomic E-state index is 12.0. The minimum atomic E-state index is -0.204. The molecule has 0 bridgehead atoms. The second-order valence-electron chi connectivity index (χ2n) is 5.55. The molecule has 0 aliphatic carbocycles. The van der Waals surface area contributed by atoms with Crippen LogP contribution in [0.2, 0.25) is 0 Å². The van der Waals surface area contributed by atoms with Crippen LogP contribution in [0.25, 0.3) is 10.9 Å². The van der Waals surface area contributed by atoms with Crippen LogP contribution in [0.15, 0.2) is 35.1 Å². The van der Waals surface area contributed by atoms with E-state index in [2.05, 4.69) is 10.3 Å². The van der Waals surface area contributed by atoms with Gasteiger partial charge in [-0.3, -0.25) is 14.4 Å². The van der Waals surface area contributed by atoms with Gasteiger partial charge in [-0.2, -0.15) is 0 Å². The number of H-pyrrole nitrogens is 1. The van der Waals surface area contributed by atoms with Gasteiger partial charge in [0.05, 0.1) is 6.54 Å². The van der Waals surface area contributed by atoms with Gasteiger partial charge in [0, 0.05) is 48.6 Å². The zero-order valence-electron chi connectivity index (χ0n) is 14.1. The largest absolute Gasteiger partial charge is 0.357 e. The van der Waals surface area contributed by atoms with Crippen LogP contribution in [0.4, 0.5) is 0 Å². The van der Waals surface area contributed by atoms with Crippen molar-refractivity contribution in [1.82, 2.24) is 15.2 Å². The van der Waals surface area contributed by atoms with Crippen molar-refractivity contribution < 1.29 is 9.59 Å². The minimum absolute atomic E-state index is 0.0192. The number of amides is 2. The Morgan fingerprint density at radius 1 is 1.12 bits per heavy atom. The standard InChI is InChI=1S/C18H23N3O3/c1-3-21(4-2)18(24)10-9-17(23)19-12-13-11-16(22)14-7-5-6-8-15(14)20-13/h5-8,11H,3-4,9-10,12H2,1-2H3,(H,19,23)(H,20,22). The summed E-state index contributed by atoms with van der Waals surface area (Å²) in [6.07, 6.45) is 0.342. The maximum atomic E-state index is 12.0. The first-order valence-corrected chi connectivity index (χ1v) is 8.20. The highest BCUT2D eigenvalue weighted by Gasteiger charge is 2.12. The summed E-state index contributed by atoms with van der Waals surface area (Å²) in [5.41, 5.74) is 1.30. The molecule has 2 aromatic rings. The Morgan fingerprint density at radius 3 is 2.54 bits per heavy atom. The number of aromatic amines is 1. The van der Waals surface area contributed by atoms with Crippen molar-refractivity contribution in [2.45, 2.75) is 33.2 Å². The fourth-order valence-corrected chi connectivity index (χ4v) is 2.58. The van der Waals surface area contributed by atoms with Crippen LogP contribution >= 0.6 is 0 Å². The second kappa shape index (κ2) is 8.29. The topological polar surface area (TPSA) is 82.3 Å². The van der Waals surface area contributed by atoms with E-state index in [-0.39, 0.29) is 36.6 Å². The molecule has 0 atom stereocenters. The number of carbonyl (C=O) groups excluding carboxylic acids is 2. The van der Waals surface area contributed by atoms with Crippen molar-refractivity contribution in [1.29, 1.82) is 0 Å². The van der Waals surface area contributed by atoms with Crippen LogP contribution in [0.5, 0.6) is 0 Å². The zero-order valence-corrected chi connectivity index (χ0v) is 14.1. The number of nitrogens with one attached hydrogen (secondary N) is 2. The van der Waals surface area contributed by atoms with Gasteiger partial charge in [0.1, 0.15) is 0 Å². The molecule has 0 saturated heterocycles. The van der Waals surface area contributed by atoms with Crippen molar-refractivity contribution in [3.8, 4) is 0 Å². The normalized spacial score (nSPS) is 10.6. The van der Waals surface area contributed by atoms with Gasteiger partial charge in [0.25, 0.3) is 0 Å². The number of hydrogen-bond acceptors (Lipinski definition) is 3. The van der Waals surface area contributed by atoms with Gasteiger partial charge in [-0.15, -0.1) is 0 Å². The molecule has 6 nitrogen and oxygen atoms in total. The molecule has 24 heavy (non-hydrogen) atoms. The molecule has 2 rings (SSSR count). The predicted molar refractivity (Wildman–Crippen MR) is 93.6 cm³/mol. The Balaban J connectivity index is 1.90. The highest BCUT2D eigenvalue weighted by Crippen LogP contribution is 2.07. The molecule has 2 amide bonds. The Kier molecular flexibility index (Phi) is 6.12. The molecule has 1 heterocycles. The molecule has 0 radical (unpaired) electrons. The van der Waals surface area contributed by atoms with Crippen molar-refractivity contribution in [2.75, 3.05) is 13.1 Å². The molecule has 0 aliphatic heterocycles. The summed E-state index contributed by atoms with van der Waals surface area (Å²) in [4.78, 5) is 40.6. The molecular weight excluding hydrogens is 306 g/mol. The fourth-order valence-electron chi connectivity index (χ4n) is 2.58. The lowest BCUT2D eigenvalue weighted by atomic mass is 10.2. The number of carbonyl (C=O) groups is 2. The first-order valence-electron chi connectivity index (χ1n) is 8.20. The molecule has 0 spiro atoms. The number of para-hydroxylation sites is 1. The van der Waals surface area contributed by atoms with E-state index in [0.717, 1.165) is 5.52 Å². The predicted octanol–water partition coefficient (Wildman–Crippen LogP) is 1.79. The van der Waals surface area contributed by atoms with Gasteiger partial charge in [-0.05, 0) is 26.0 Å². The highest BCUT2D eigenvalue weighted by atomic mass is 16.2. The van der Waals surface area contributed by atoms with Crippen molar-refractivity contribution in [3.63, 3.8) is 0 Å². The summed E-state index contributed by atoms with van der Waals surface area (Å²) >= 11 is 0. The molecule has 128 valence electrons. The van der Waals surface area contributed by atoms with E-state index < -0.39 is 0 Å². The van der Waals surface area contributed by atoms with Crippen LogP contribution in [-0.4, -0.2) is 34.8 Å². The van der Waals surface area contributed by atoms with E-state index in [1.807, 2.05) is 32.0 Å². The lowest BCUT2D eigenvalue weighted by molar-refractivity contribution is -0.133. The zero-order chi connectivity index (χ0) is 17.5. The minimum Gasteiger partial charge on any atom is -0.357 e. The van der Waals surface area contributed by atoms with Crippen LogP contribution in [0.1, 0.15) is 32.4 Å². The molecule has 2 N–H and O–H groups in total. The Labute approximate surface area is 140 Å². The number of hydrogen-bond donors (Lipinski definition) is 2. The van der Waals surface area contributed by atoms with Crippen molar-refractivity contribution in [2.24, 2.45) is 0 Å². The molecule has 0 saturated carbocycles. The number of rotatable bonds is 7. The van der Waals surface area contributed by atoms with Crippen LogP contribution in [0, 0.1) is 0 Å². The molecule has 0 unspecified atom stereocenters. The molecule has 0 fully saturated rings. The van der Waals surface area contributed by atoms with E-state index in [1.54, 1.807) is 11.0 Å². The van der Waals surface area contributed by atoms with Gasteiger partial charge < -0.3 is 15.2 Å². The summed E-state index contributed by atoms with van der Waals surface area (Å²) < 4.78 is 0.